The summed E-state index contributed by atoms with van der Waals surface area (Å²) in [5.74, 6) is 1.78. The Morgan fingerprint density at radius 2 is 1.88 bits per heavy atom. The first-order chi connectivity index (χ1) is 11.8. The molecule has 4 atom stereocenters. The van der Waals surface area contributed by atoms with Crippen LogP contribution in [0.15, 0.2) is 0 Å². The van der Waals surface area contributed by atoms with Crippen LogP contribution < -0.4 is 5.32 Å². The smallest absolute Gasteiger partial charge is 0.239 e. The summed E-state index contributed by atoms with van der Waals surface area (Å²) in [4.78, 5) is 17.7. The van der Waals surface area contributed by atoms with Crippen LogP contribution in [0, 0.1) is 11.8 Å². The lowest BCUT2D eigenvalue weighted by Crippen LogP contribution is -2.51. The molecule has 1 N–H and O–H groups in total. The first-order valence-corrected chi connectivity index (χ1v) is 10.1. The Bertz CT molecular complexity index is 424. The number of rotatable bonds is 3. The van der Waals surface area contributed by atoms with Gasteiger partial charge in [0.2, 0.25) is 5.91 Å². The van der Waals surface area contributed by atoms with Crippen LogP contribution >= 0.6 is 0 Å². The van der Waals surface area contributed by atoms with Crippen molar-refractivity contribution in [3.8, 4) is 0 Å². The molecule has 3 aliphatic heterocycles. The molecule has 1 aliphatic carbocycles. The summed E-state index contributed by atoms with van der Waals surface area (Å²) in [5.41, 5.74) is 0. The molecule has 1 saturated carbocycles. The van der Waals surface area contributed by atoms with E-state index in [0.717, 1.165) is 58.3 Å². The van der Waals surface area contributed by atoms with Gasteiger partial charge in [0, 0.05) is 38.8 Å². The second kappa shape index (κ2) is 7.71. The van der Waals surface area contributed by atoms with Crippen molar-refractivity contribution in [1.82, 2.24) is 15.1 Å². The molecule has 4 aliphatic rings. The Kier molecular flexibility index (Phi) is 5.40. The second-order valence-electron chi connectivity index (χ2n) is 8.31. The molecular formula is C19H33N3O2. The molecule has 0 aromatic rings. The number of nitrogens with one attached hydrogen (secondary N) is 1. The molecule has 5 heteroatoms. The molecule has 3 saturated heterocycles. The van der Waals surface area contributed by atoms with Gasteiger partial charge in [0.15, 0.2) is 0 Å². The molecule has 0 radical (unpaired) electrons. The van der Waals surface area contributed by atoms with Gasteiger partial charge >= 0.3 is 0 Å². The molecule has 4 fully saturated rings. The van der Waals surface area contributed by atoms with Crippen molar-refractivity contribution >= 4 is 5.91 Å². The fourth-order valence-electron chi connectivity index (χ4n) is 5.29. The average molecular weight is 335 g/mol. The van der Waals surface area contributed by atoms with E-state index in [4.69, 9.17) is 4.74 Å². The highest BCUT2D eigenvalue weighted by molar-refractivity contribution is 5.82. The summed E-state index contributed by atoms with van der Waals surface area (Å²) >= 11 is 0. The molecule has 0 aromatic heterocycles. The first kappa shape index (κ1) is 16.8. The van der Waals surface area contributed by atoms with Crippen LogP contribution in [0.1, 0.15) is 44.9 Å². The summed E-state index contributed by atoms with van der Waals surface area (Å²) in [7, 11) is 0. The van der Waals surface area contributed by atoms with Gasteiger partial charge in [0.25, 0.3) is 0 Å². The van der Waals surface area contributed by atoms with Crippen molar-refractivity contribution in [2.24, 2.45) is 11.8 Å². The lowest BCUT2D eigenvalue weighted by Gasteiger charge is -2.37. The fourth-order valence-corrected chi connectivity index (χ4v) is 5.29. The number of carbonyl (C=O) groups is 1. The number of ether oxygens (including phenoxy) is 1. The highest BCUT2D eigenvalue weighted by atomic mass is 16.5. The minimum Gasteiger partial charge on any atom is -0.379 e. The fraction of sp³-hybridized carbons (Fsp3) is 0.947. The van der Waals surface area contributed by atoms with E-state index in [-0.39, 0.29) is 6.04 Å². The number of nitrogens with zero attached hydrogens (tertiary/aromatic N) is 2. The number of morpholine rings is 1. The van der Waals surface area contributed by atoms with Gasteiger partial charge in [-0.1, -0.05) is 12.8 Å². The zero-order valence-corrected chi connectivity index (χ0v) is 14.9. The van der Waals surface area contributed by atoms with Crippen molar-refractivity contribution < 1.29 is 9.53 Å². The van der Waals surface area contributed by atoms with E-state index < -0.39 is 0 Å². The van der Waals surface area contributed by atoms with Gasteiger partial charge in [-0.25, -0.2) is 0 Å². The normalized spacial score (nSPS) is 38.1. The van der Waals surface area contributed by atoms with E-state index in [1.807, 2.05) is 0 Å². The second-order valence-corrected chi connectivity index (χ2v) is 8.31. The minimum atomic E-state index is 0.0974. The van der Waals surface area contributed by atoms with E-state index in [0.29, 0.717) is 17.9 Å². The van der Waals surface area contributed by atoms with Crippen molar-refractivity contribution in [2.75, 3.05) is 45.9 Å². The molecule has 4 rings (SSSR count). The molecule has 24 heavy (non-hydrogen) atoms. The third-order valence-electron chi connectivity index (χ3n) is 6.61. The molecule has 1 amide bonds. The van der Waals surface area contributed by atoms with Gasteiger partial charge in [-0.3, -0.25) is 9.69 Å². The molecule has 3 heterocycles. The molecular weight excluding hydrogens is 302 g/mol. The molecule has 0 spiro atoms. The zero-order valence-electron chi connectivity index (χ0n) is 14.9. The van der Waals surface area contributed by atoms with Crippen molar-refractivity contribution in [3.05, 3.63) is 0 Å². The first-order valence-electron chi connectivity index (χ1n) is 10.1. The van der Waals surface area contributed by atoms with E-state index in [2.05, 4.69) is 15.1 Å². The van der Waals surface area contributed by atoms with Crippen LogP contribution in [0.5, 0.6) is 0 Å². The minimum absolute atomic E-state index is 0.0974. The number of carbonyl (C=O) groups excluding carboxylic acids is 1. The number of piperidine rings is 1. The van der Waals surface area contributed by atoms with Gasteiger partial charge in [0.05, 0.1) is 19.3 Å². The standard InChI is InChI=1S/C19H33N3O2/c23-19(18-12-16-5-1-2-6-17(16)20-18)22-7-3-4-15(14-22)13-21-8-10-24-11-9-21/h15-18,20H,1-14H2/t15-,16-,17-,18-/m0/s1. The van der Waals surface area contributed by atoms with Gasteiger partial charge in [-0.05, 0) is 43.9 Å². The average Bonchev–Trinajstić information content (AvgIpc) is 3.06. The Morgan fingerprint density at radius 1 is 1.04 bits per heavy atom. The largest absolute Gasteiger partial charge is 0.379 e. The van der Waals surface area contributed by atoms with Crippen LogP contribution in [-0.4, -0.2) is 73.7 Å². The number of amides is 1. The van der Waals surface area contributed by atoms with Crippen molar-refractivity contribution in [3.63, 3.8) is 0 Å². The highest BCUT2D eigenvalue weighted by Gasteiger charge is 2.40. The summed E-state index contributed by atoms with van der Waals surface area (Å²) in [6.07, 6.45) is 8.80. The maximum atomic E-state index is 13.0. The third kappa shape index (κ3) is 3.78. The van der Waals surface area contributed by atoms with E-state index in [9.17, 15) is 4.79 Å². The van der Waals surface area contributed by atoms with Crippen LogP contribution in [0.4, 0.5) is 0 Å². The van der Waals surface area contributed by atoms with E-state index in [1.165, 1.54) is 38.5 Å². The van der Waals surface area contributed by atoms with Gasteiger partial charge in [-0.15, -0.1) is 0 Å². The predicted molar refractivity (Wildman–Crippen MR) is 93.8 cm³/mol. The predicted octanol–water partition coefficient (Wildman–Crippen LogP) is 1.48. The lowest BCUT2D eigenvalue weighted by molar-refractivity contribution is -0.135. The third-order valence-corrected chi connectivity index (χ3v) is 6.61. The Balaban J connectivity index is 1.29. The SMILES string of the molecule is O=C([C@@H]1C[C@@H]2CCCC[C@@H]2N1)N1CCC[C@@H](CN2CCOCC2)C1. The van der Waals surface area contributed by atoms with Crippen molar-refractivity contribution in [2.45, 2.75) is 57.0 Å². The Labute approximate surface area is 146 Å². The topological polar surface area (TPSA) is 44.8 Å². The maximum Gasteiger partial charge on any atom is 0.239 e. The molecule has 5 nitrogen and oxygen atoms in total. The number of fused-ring (bicyclic) bond motifs is 1. The monoisotopic (exact) mass is 335 g/mol. The van der Waals surface area contributed by atoms with Crippen molar-refractivity contribution in [1.29, 1.82) is 0 Å². The summed E-state index contributed by atoms with van der Waals surface area (Å²) < 4.78 is 5.45. The molecule has 136 valence electrons. The molecule has 0 aromatic carbocycles. The summed E-state index contributed by atoms with van der Waals surface area (Å²) in [6.45, 7) is 6.90. The van der Waals surface area contributed by atoms with E-state index >= 15 is 0 Å². The van der Waals surface area contributed by atoms with Crippen LogP contribution in [0.25, 0.3) is 0 Å². The number of likely N-dealkylation sites (tertiary alicyclic amines) is 1. The molecule has 0 unspecified atom stereocenters. The number of hydrogen-bond acceptors (Lipinski definition) is 4. The summed E-state index contributed by atoms with van der Waals surface area (Å²) in [6, 6.07) is 0.710. The van der Waals surface area contributed by atoms with Gasteiger partial charge in [-0.2, -0.15) is 0 Å². The number of hydrogen-bond donors (Lipinski definition) is 1. The quantitative estimate of drug-likeness (QED) is 0.848. The maximum absolute atomic E-state index is 13.0. The zero-order chi connectivity index (χ0) is 16.4. The highest BCUT2D eigenvalue weighted by Crippen LogP contribution is 2.34. The van der Waals surface area contributed by atoms with Crippen LogP contribution in [0.3, 0.4) is 0 Å². The Hall–Kier alpha value is -0.650. The Morgan fingerprint density at radius 3 is 2.71 bits per heavy atom. The van der Waals surface area contributed by atoms with E-state index in [1.54, 1.807) is 0 Å². The summed E-state index contributed by atoms with van der Waals surface area (Å²) in [5, 5.41) is 3.67. The van der Waals surface area contributed by atoms with Gasteiger partial charge in [0.1, 0.15) is 0 Å². The van der Waals surface area contributed by atoms with Gasteiger partial charge < -0.3 is 15.0 Å². The lowest BCUT2D eigenvalue weighted by atomic mass is 9.85. The van der Waals surface area contributed by atoms with Crippen LogP contribution in [0.2, 0.25) is 0 Å². The molecule has 0 bridgehead atoms. The van der Waals surface area contributed by atoms with Crippen LogP contribution in [-0.2, 0) is 9.53 Å².